The van der Waals surface area contributed by atoms with E-state index in [1.165, 1.54) is 37.4 Å². The van der Waals surface area contributed by atoms with Crippen LogP contribution in [-0.4, -0.2) is 36.2 Å². The predicted octanol–water partition coefficient (Wildman–Crippen LogP) is 2.29. The Bertz CT molecular complexity index is 740. The molecule has 0 aliphatic heterocycles. The fraction of sp³-hybridized carbons (Fsp3) is 0.176. The molecule has 0 saturated carbocycles. The lowest BCUT2D eigenvalue weighted by Crippen LogP contribution is -2.12. The van der Waals surface area contributed by atoms with E-state index in [4.69, 9.17) is 14.2 Å². The summed E-state index contributed by atoms with van der Waals surface area (Å²) in [7, 11) is 1.42. The molecular weight excluding hydrogens is 316 g/mol. The quantitative estimate of drug-likeness (QED) is 0.455. The van der Waals surface area contributed by atoms with Crippen molar-refractivity contribution in [1.82, 2.24) is 0 Å². The Morgan fingerprint density at radius 2 is 1.79 bits per heavy atom. The van der Waals surface area contributed by atoms with E-state index in [1.807, 2.05) is 0 Å². The normalized spacial score (nSPS) is 10.0. The van der Waals surface area contributed by atoms with Crippen LogP contribution in [0.4, 0.5) is 0 Å². The summed E-state index contributed by atoms with van der Waals surface area (Å²) in [5, 5.41) is 18.9. The van der Waals surface area contributed by atoms with E-state index < -0.39 is 5.97 Å². The van der Waals surface area contributed by atoms with Crippen LogP contribution in [0.5, 0.6) is 28.7 Å². The molecule has 0 unspecified atom stereocenters. The Labute approximate surface area is 138 Å². The van der Waals surface area contributed by atoms with Crippen molar-refractivity contribution in [2.24, 2.45) is 0 Å². The van der Waals surface area contributed by atoms with Gasteiger partial charge in [0.15, 0.2) is 17.8 Å². The number of carbonyl (C=O) groups excluding carboxylic acids is 2. The van der Waals surface area contributed by atoms with Gasteiger partial charge in [-0.25, -0.2) is 0 Å². The van der Waals surface area contributed by atoms with Gasteiger partial charge in [-0.15, -0.1) is 0 Å². The highest BCUT2D eigenvalue weighted by atomic mass is 16.5. The average Bonchev–Trinajstić information content (AvgIpc) is 2.58. The lowest BCUT2D eigenvalue weighted by Gasteiger charge is -2.09. The molecule has 7 heteroatoms. The largest absolute Gasteiger partial charge is 0.507 e. The molecule has 2 aromatic rings. The summed E-state index contributed by atoms with van der Waals surface area (Å²) in [6.07, 6.45) is 0.439. The zero-order chi connectivity index (χ0) is 17.5. The van der Waals surface area contributed by atoms with E-state index >= 15 is 0 Å². The summed E-state index contributed by atoms with van der Waals surface area (Å²) in [5.74, 6) is 0.109. The minimum Gasteiger partial charge on any atom is -0.507 e. The number of aldehydes is 1. The predicted molar refractivity (Wildman–Crippen MR) is 83.9 cm³/mol. The van der Waals surface area contributed by atoms with Crippen LogP contribution in [0, 0.1) is 0 Å². The summed E-state index contributed by atoms with van der Waals surface area (Å²) in [6.45, 7) is 0.0609. The van der Waals surface area contributed by atoms with E-state index in [0.29, 0.717) is 12.0 Å². The SMILES string of the molecule is COc1cc(OCCC(=O)Oc2ccc(O)c(C=O)c2)ccc1O. The van der Waals surface area contributed by atoms with Crippen molar-refractivity contribution in [3.8, 4) is 28.7 Å². The lowest BCUT2D eigenvalue weighted by atomic mass is 10.2. The molecule has 2 rings (SSSR count). The number of esters is 1. The Morgan fingerprint density at radius 1 is 1.08 bits per heavy atom. The first-order valence-electron chi connectivity index (χ1n) is 7.02. The molecule has 0 aliphatic carbocycles. The van der Waals surface area contributed by atoms with Crippen LogP contribution in [0.1, 0.15) is 16.8 Å². The monoisotopic (exact) mass is 332 g/mol. The van der Waals surface area contributed by atoms with Crippen LogP contribution >= 0.6 is 0 Å². The molecule has 0 radical (unpaired) electrons. The first kappa shape index (κ1) is 17.1. The van der Waals surface area contributed by atoms with Gasteiger partial charge in [-0.2, -0.15) is 0 Å². The van der Waals surface area contributed by atoms with Crippen molar-refractivity contribution < 1.29 is 34.0 Å². The van der Waals surface area contributed by atoms with Gasteiger partial charge < -0.3 is 24.4 Å². The highest BCUT2D eigenvalue weighted by molar-refractivity contribution is 5.80. The fourth-order valence-electron chi connectivity index (χ4n) is 1.87. The third kappa shape index (κ3) is 4.39. The molecule has 7 nitrogen and oxygen atoms in total. The summed E-state index contributed by atoms with van der Waals surface area (Å²) < 4.78 is 15.4. The molecule has 0 aromatic heterocycles. The molecule has 0 heterocycles. The number of methoxy groups -OCH3 is 1. The van der Waals surface area contributed by atoms with Gasteiger partial charge in [-0.1, -0.05) is 0 Å². The number of rotatable bonds is 7. The topological polar surface area (TPSA) is 102 Å². The molecule has 0 aliphatic rings. The zero-order valence-corrected chi connectivity index (χ0v) is 12.9. The maximum absolute atomic E-state index is 11.7. The second-order valence-electron chi connectivity index (χ2n) is 4.74. The minimum atomic E-state index is -0.553. The fourth-order valence-corrected chi connectivity index (χ4v) is 1.87. The molecule has 24 heavy (non-hydrogen) atoms. The Hall–Kier alpha value is -3.22. The molecule has 2 aromatic carbocycles. The molecule has 126 valence electrons. The maximum atomic E-state index is 11.7. The smallest absolute Gasteiger partial charge is 0.314 e. The van der Waals surface area contributed by atoms with Crippen molar-refractivity contribution >= 4 is 12.3 Å². The number of ether oxygens (including phenoxy) is 3. The molecule has 0 atom stereocenters. The number of phenolic OH excluding ortho intramolecular Hbond substituents is 2. The molecule has 2 N–H and O–H groups in total. The van der Waals surface area contributed by atoms with Crippen LogP contribution in [-0.2, 0) is 4.79 Å². The van der Waals surface area contributed by atoms with Gasteiger partial charge >= 0.3 is 5.97 Å². The third-order valence-electron chi connectivity index (χ3n) is 3.08. The van der Waals surface area contributed by atoms with Crippen molar-refractivity contribution in [2.45, 2.75) is 6.42 Å². The molecular formula is C17H16O7. The summed E-state index contributed by atoms with van der Waals surface area (Å²) in [5.41, 5.74) is 0.0349. The van der Waals surface area contributed by atoms with E-state index in [1.54, 1.807) is 6.07 Å². The van der Waals surface area contributed by atoms with Gasteiger partial charge in [-0.3, -0.25) is 9.59 Å². The average molecular weight is 332 g/mol. The standard InChI is InChI=1S/C17H16O7/c1-22-16-9-12(2-5-15(16)20)23-7-6-17(21)24-13-3-4-14(19)11(8-13)10-18/h2-5,8-10,19-20H,6-7H2,1H3. The van der Waals surface area contributed by atoms with Gasteiger partial charge in [-0.05, 0) is 30.3 Å². The van der Waals surface area contributed by atoms with Gasteiger partial charge in [0, 0.05) is 6.07 Å². The maximum Gasteiger partial charge on any atom is 0.314 e. The minimum absolute atomic E-state index is 0.0115. The summed E-state index contributed by atoms with van der Waals surface area (Å²) >= 11 is 0. The summed E-state index contributed by atoms with van der Waals surface area (Å²) in [6, 6.07) is 8.38. The molecule has 0 fully saturated rings. The van der Waals surface area contributed by atoms with Crippen LogP contribution in [0.3, 0.4) is 0 Å². The highest BCUT2D eigenvalue weighted by Gasteiger charge is 2.09. The second-order valence-corrected chi connectivity index (χ2v) is 4.74. The number of aromatic hydroxyl groups is 2. The van der Waals surface area contributed by atoms with E-state index in [-0.39, 0.29) is 41.6 Å². The van der Waals surface area contributed by atoms with E-state index in [2.05, 4.69) is 0 Å². The first-order chi connectivity index (χ1) is 11.5. The number of phenols is 2. The first-order valence-corrected chi connectivity index (χ1v) is 7.02. The zero-order valence-electron chi connectivity index (χ0n) is 12.9. The third-order valence-corrected chi connectivity index (χ3v) is 3.08. The Balaban J connectivity index is 1.86. The van der Waals surface area contributed by atoms with Crippen molar-refractivity contribution in [2.75, 3.05) is 13.7 Å². The number of hydrogen-bond donors (Lipinski definition) is 2. The highest BCUT2D eigenvalue weighted by Crippen LogP contribution is 2.29. The summed E-state index contributed by atoms with van der Waals surface area (Å²) in [4.78, 5) is 22.5. The van der Waals surface area contributed by atoms with E-state index in [9.17, 15) is 19.8 Å². The molecule has 0 saturated heterocycles. The Morgan fingerprint density at radius 3 is 2.50 bits per heavy atom. The number of benzene rings is 2. The number of hydrogen-bond acceptors (Lipinski definition) is 7. The molecule has 0 amide bonds. The van der Waals surface area contributed by atoms with Crippen LogP contribution in [0.25, 0.3) is 0 Å². The molecule has 0 bridgehead atoms. The van der Waals surface area contributed by atoms with Crippen LogP contribution < -0.4 is 14.2 Å². The Kier molecular flexibility index (Phi) is 5.62. The van der Waals surface area contributed by atoms with Gasteiger partial charge in [0.25, 0.3) is 0 Å². The van der Waals surface area contributed by atoms with Crippen molar-refractivity contribution in [3.63, 3.8) is 0 Å². The molecule has 0 spiro atoms. The lowest BCUT2D eigenvalue weighted by molar-refractivity contribution is -0.134. The van der Waals surface area contributed by atoms with Crippen LogP contribution in [0.15, 0.2) is 36.4 Å². The number of carbonyl (C=O) groups is 2. The second kappa shape index (κ2) is 7.87. The van der Waals surface area contributed by atoms with Gasteiger partial charge in [0.05, 0.1) is 25.7 Å². The van der Waals surface area contributed by atoms with Crippen molar-refractivity contribution in [3.05, 3.63) is 42.0 Å². The van der Waals surface area contributed by atoms with Crippen molar-refractivity contribution in [1.29, 1.82) is 0 Å². The van der Waals surface area contributed by atoms with E-state index in [0.717, 1.165) is 0 Å². The van der Waals surface area contributed by atoms with Crippen LogP contribution in [0.2, 0.25) is 0 Å². The van der Waals surface area contributed by atoms with Gasteiger partial charge in [0.1, 0.15) is 17.2 Å². The van der Waals surface area contributed by atoms with Gasteiger partial charge in [0.2, 0.25) is 0 Å².